The summed E-state index contributed by atoms with van der Waals surface area (Å²) in [7, 11) is 0. The molecule has 0 unspecified atom stereocenters. The van der Waals surface area contributed by atoms with Crippen LogP contribution in [0.15, 0.2) is 27.3 Å². The molecule has 0 atom stereocenters. The highest BCUT2D eigenvalue weighted by atomic mass is 16.5. The van der Waals surface area contributed by atoms with E-state index in [1.54, 1.807) is 13.0 Å². The second-order valence-electron chi connectivity index (χ2n) is 5.84. The van der Waals surface area contributed by atoms with Gasteiger partial charge in [0.25, 0.3) is 5.91 Å². The molecule has 1 N–H and O–H groups in total. The first kappa shape index (κ1) is 15.8. The first-order valence-corrected chi connectivity index (χ1v) is 6.75. The number of amides is 1. The summed E-state index contributed by atoms with van der Waals surface area (Å²) >= 11 is 0. The van der Waals surface area contributed by atoms with Crippen LogP contribution in [0.3, 0.4) is 0 Å². The number of anilines is 1. The minimum absolute atomic E-state index is 0.183. The van der Waals surface area contributed by atoms with Crippen LogP contribution in [0.4, 0.5) is 5.88 Å². The van der Waals surface area contributed by atoms with E-state index < -0.39 is 18.5 Å². The number of esters is 1. The van der Waals surface area contributed by atoms with Gasteiger partial charge >= 0.3 is 5.97 Å². The quantitative estimate of drug-likeness (QED) is 0.873. The van der Waals surface area contributed by atoms with Gasteiger partial charge in [0.2, 0.25) is 5.88 Å². The van der Waals surface area contributed by atoms with Crippen LogP contribution in [0, 0.1) is 6.92 Å². The van der Waals surface area contributed by atoms with E-state index in [0.29, 0.717) is 17.0 Å². The number of carbonyl (C=O) groups excluding carboxylic acids is 2. The van der Waals surface area contributed by atoms with E-state index >= 15 is 0 Å². The van der Waals surface area contributed by atoms with Crippen LogP contribution in [-0.2, 0) is 14.9 Å². The van der Waals surface area contributed by atoms with Gasteiger partial charge in [0.05, 0.1) is 12.0 Å². The Morgan fingerprint density at radius 1 is 1.36 bits per heavy atom. The highest BCUT2D eigenvalue weighted by Gasteiger charge is 2.20. The molecular formula is C15H18N2O5. The number of hydrogen-bond acceptors (Lipinski definition) is 6. The number of nitrogens with one attached hydrogen (secondary N) is 1. The van der Waals surface area contributed by atoms with Gasteiger partial charge in [0, 0.05) is 11.5 Å². The lowest BCUT2D eigenvalue weighted by atomic mass is 9.92. The largest absolute Gasteiger partial charge is 0.469 e. The summed E-state index contributed by atoms with van der Waals surface area (Å²) in [6, 6.07) is 3.13. The number of aryl methyl sites for hydroxylation is 1. The third-order valence-corrected chi connectivity index (χ3v) is 2.95. The monoisotopic (exact) mass is 306 g/mol. The Morgan fingerprint density at radius 2 is 2.09 bits per heavy atom. The molecule has 0 aliphatic rings. The summed E-state index contributed by atoms with van der Waals surface area (Å²) < 4.78 is 14.9. The molecule has 7 heteroatoms. The molecule has 7 nitrogen and oxygen atoms in total. The summed E-state index contributed by atoms with van der Waals surface area (Å²) in [5.41, 5.74) is 0.828. The summed E-state index contributed by atoms with van der Waals surface area (Å²) in [6.07, 6.45) is 1.38. The lowest BCUT2D eigenvalue weighted by molar-refractivity contribution is -0.119. The van der Waals surface area contributed by atoms with Crippen molar-refractivity contribution in [2.24, 2.45) is 0 Å². The van der Waals surface area contributed by atoms with Gasteiger partial charge in [-0.05, 0) is 13.0 Å². The first-order chi connectivity index (χ1) is 10.3. The predicted molar refractivity (Wildman–Crippen MR) is 77.6 cm³/mol. The van der Waals surface area contributed by atoms with E-state index in [1.807, 2.05) is 20.8 Å². The van der Waals surface area contributed by atoms with E-state index in [0.717, 1.165) is 0 Å². The Bertz CT molecular complexity index is 678. The van der Waals surface area contributed by atoms with Crippen molar-refractivity contribution in [1.82, 2.24) is 5.16 Å². The van der Waals surface area contributed by atoms with E-state index in [2.05, 4.69) is 10.5 Å². The maximum atomic E-state index is 11.7. The number of rotatable bonds is 4. The lowest BCUT2D eigenvalue weighted by Gasteiger charge is -2.12. The molecule has 0 fully saturated rings. The summed E-state index contributed by atoms with van der Waals surface area (Å²) in [4.78, 5) is 23.5. The van der Waals surface area contributed by atoms with Crippen molar-refractivity contribution in [3.8, 4) is 0 Å². The number of hydrogen-bond donors (Lipinski definition) is 1. The van der Waals surface area contributed by atoms with Gasteiger partial charge < -0.3 is 13.7 Å². The zero-order valence-electron chi connectivity index (χ0n) is 12.9. The van der Waals surface area contributed by atoms with Crippen LogP contribution in [0.5, 0.6) is 0 Å². The Hall–Kier alpha value is -2.57. The number of carbonyl (C=O) groups is 2. The maximum Gasteiger partial charge on any atom is 0.342 e. The van der Waals surface area contributed by atoms with Crippen molar-refractivity contribution in [2.75, 3.05) is 11.9 Å². The fourth-order valence-corrected chi connectivity index (χ4v) is 1.67. The number of nitrogens with zero attached hydrogens (tertiary/aromatic N) is 1. The van der Waals surface area contributed by atoms with Gasteiger partial charge in [-0.1, -0.05) is 25.9 Å². The molecule has 2 aromatic heterocycles. The van der Waals surface area contributed by atoms with E-state index in [1.165, 1.54) is 12.3 Å². The molecule has 118 valence electrons. The fraction of sp³-hybridized carbons (Fsp3) is 0.400. The molecule has 2 aromatic rings. The number of ether oxygens (including phenoxy) is 1. The van der Waals surface area contributed by atoms with E-state index in [9.17, 15) is 9.59 Å². The number of aromatic nitrogens is 1. The van der Waals surface area contributed by atoms with Crippen LogP contribution in [0.25, 0.3) is 0 Å². The Kier molecular flexibility index (Phi) is 4.35. The third kappa shape index (κ3) is 3.75. The highest BCUT2D eigenvalue weighted by molar-refractivity contribution is 5.95. The minimum atomic E-state index is -0.616. The van der Waals surface area contributed by atoms with Gasteiger partial charge in [-0.15, -0.1) is 0 Å². The van der Waals surface area contributed by atoms with Gasteiger partial charge in [-0.25, -0.2) is 4.79 Å². The average Bonchev–Trinajstić information content (AvgIpc) is 3.04. The molecular weight excluding hydrogens is 288 g/mol. The Morgan fingerprint density at radius 3 is 2.64 bits per heavy atom. The van der Waals surface area contributed by atoms with Crippen molar-refractivity contribution in [3.63, 3.8) is 0 Å². The molecule has 22 heavy (non-hydrogen) atoms. The molecule has 0 saturated carbocycles. The molecule has 0 bridgehead atoms. The molecule has 0 aromatic carbocycles. The highest BCUT2D eigenvalue weighted by Crippen LogP contribution is 2.23. The molecule has 0 saturated heterocycles. The topological polar surface area (TPSA) is 94.6 Å². The molecule has 2 heterocycles. The summed E-state index contributed by atoms with van der Waals surface area (Å²) in [5.74, 6) is -0.471. The van der Waals surface area contributed by atoms with Crippen molar-refractivity contribution < 1.29 is 23.3 Å². The van der Waals surface area contributed by atoms with E-state index in [4.69, 9.17) is 13.7 Å². The molecule has 0 aliphatic heterocycles. The standard InChI is InChI=1S/C15H18N2O5/c1-9-10(5-6-20-9)14(19)21-8-12(18)16-13-7-11(17-22-13)15(2,3)4/h5-7H,8H2,1-4H3,(H,16,18). The predicted octanol–water partition coefficient (Wildman–Crippen LogP) is 2.67. The summed E-state index contributed by atoms with van der Waals surface area (Å²) in [5, 5.41) is 6.36. The first-order valence-electron chi connectivity index (χ1n) is 6.75. The van der Waals surface area contributed by atoms with Crippen molar-refractivity contribution in [1.29, 1.82) is 0 Å². The smallest absolute Gasteiger partial charge is 0.342 e. The molecule has 1 amide bonds. The summed E-state index contributed by atoms with van der Waals surface area (Å²) in [6.45, 7) is 7.15. The van der Waals surface area contributed by atoms with Crippen LogP contribution < -0.4 is 5.32 Å². The van der Waals surface area contributed by atoms with Crippen molar-refractivity contribution >= 4 is 17.8 Å². The SMILES string of the molecule is Cc1occc1C(=O)OCC(=O)Nc1cc(C(C)(C)C)no1. The number of furan rings is 1. The van der Waals surface area contributed by atoms with Gasteiger partial charge in [-0.3, -0.25) is 10.1 Å². The average molecular weight is 306 g/mol. The Balaban J connectivity index is 1.87. The second kappa shape index (κ2) is 6.05. The van der Waals surface area contributed by atoms with Crippen LogP contribution >= 0.6 is 0 Å². The second-order valence-corrected chi connectivity index (χ2v) is 5.84. The lowest BCUT2D eigenvalue weighted by Crippen LogP contribution is -2.20. The van der Waals surface area contributed by atoms with Gasteiger partial charge in [-0.2, -0.15) is 0 Å². The maximum absolute atomic E-state index is 11.7. The zero-order chi connectivity index (χ0) is 16.3. The molecule has 2 rings (SSSR count). The molecule has 0 aliphatic carbocycles. The molecule has 0 radical (unpaired) electrons. The fourth-order valence-electron chi connectivity index (χ4n) is 1.67. The van der Waals surface area contributed by atoms with Crippen molar-refractivity contribution in [3.05, 3.63) is 35.4 Å². The zero-order valence-corrected chi connectivity index (χ0v) is 12.9. The van der Waals surface area contributed by atoms with Gasteiger partial charge in [0.1, 0.15) is 11.3 Å². The van der Waals surface area contributed by atoms with E-state index in [-0.39, 0.29) is 11.3 Å². The van der Waals surface area contributed by atoms with Gasteiger partial charge in [0.15, 0.2) is 6.61 Å². The Labute approximate surface area is 127 Å². The minimum Gasteiger partial charge on any atom is -0.469 e. The van der Waals surface area contributed by atoms with Crippen LogP contribution in [0.2, 0.25) is 0 Å². The third-order valence-electron chi connectivity index (χ3n) is 2.95. The van der Waals surface area contributed by atoms with Crippen molar-refractivity contribution in [2.45, 2.75) is 33.1 Å². The van der Waals surface area contributed by atoms with Crippen LogP contribution in [0.1, 0.15) is 42.6 Å². The van der Waals surface area contributed by atoms with Crippen LogP contribution in [-0.4, -0.2) is 23.6 Å². The normalized spacial score (nSPS) is 11.3. The molecule has 0 spiro atoms.